The van der Waals surface area contributed by atoms with Gasteiger partial charge < -0.3 is 9.84 Å². The fraction of sp³-hybridized carbons (Fsp3) is 0.278. The molecule has 0 saturated carbocycles. The first-order valence-corrected chi connectivity index (χ1v) is 16.5. The van der Waals surface area contributed by atoms with Crippen LogP contribution in [0.25, 0.3) is 22.0 Å². The number of rotatable bonds is 12. The first-order valence-electron chi connectivity index (χ1n) is 15.5. The minimum atomic E-state index is -1.06. The minimum absolute atomic E-state index is 0.0628. The van der Waals surface area contributed by atoms with E-state index in [4.69, 9.17) is 4.74 Å². The second kappa shape index (κ2) is 14.7. The Morgan fingerprint density at radius 1 is 0.936 bits per heavy atom. The number of ether oxygens (including phenoxy) is 1. The van der Waals surface area contributed by atoms with Crippen molar-refractivity contribution in [1.29, 1.82) is 0 Å². The zero-order valence-electron chi connectivity index (χ0n) is 25.9. The number of fused-ring (bicyclic) bond motifs is 1. The van der Waals surface area contributed by atoms with Crippen LogP contribution in [0.2, 0.25) is 0 Å². The maximum atomic E-state index is 14.2. The number of aromatic nitrogens is 4. The van der Waals surface area contributed by atoms with Crippen molar-refractivity contribution in [2.75, 3.05) is 12.9 Å². The van der Waals surface area contributed by atoms with E-state index in [1.807, 2.05) is 66.7 Å². The number of hydrogen-bond acceptors (Lipinski definition) is 9. The van der Waals surface area contributed by atoms with Gasteiger partial charge in [-0.1, -0.05) is 83.7 Å². The Morgan fingerprint density at radius 2 is 1.68 bits per heavy atom. The standard InChI is InChI=1S/C36H35N5O5S/c1-46-33-18-16-27(22-37-33)26-14-11-24(12-15-26)13-17-32(42)30(19-20-40-34(43)29-9-5-6-10-31(29)38-39-40)35(44)41-28(23-47-36(41)45)21-25-7-3-2-4-8-25/h2-12,14-16,18,22,28,30,32,42H,13,17,19-21,23H2,1H3/t28-,30-,32-/m0/s1. The lowest BCUT2D eigenvalue weighted by atomic mass is 9.91. The number of carbonyl (C=O) groups excluding carboxylic acids is 2. The van der Waals surface area contributed by atoms with E-state index in [0.29, 0.717) is 35.4 Å². The summed E-state index contributed by atoms with van der Waals surface area (Å²) in [7, 11) is 1.58. The Hall–Kier alpha value is -4.87. The summed E-state index contributed by atoms with van der Waals surface area (Å²) < 4.78 is 6.37. The summed E-state index contributed by atoms with van der Waals surface area (Å²) in [5.41, 5.74) is 4.13. The van der Waals surface area contributed by atoms with Crippen molar-refractivity contribution >= 4 is 33.8 Å². The highest BCUT2D eigenvalue weighted by atomic mass is 32.2. The van der Waals surface area contributed by atoms with E-state index in [0.717, 1.165) is 34.0 Å². The smallest absolute Gasteiger partial charge is 0.288 e. The predicted octanol–water partition coefficient (Wildman–Crippen LogP) is 5.17. The van der Waals surface area contributed by atoms with Gasteiger partial charge in [-0.3, -0.25) is 19.3 Å². The molecule has 1 aliphatic heterocycles. The van der Waals surface area contributed by atoms with Gasteiger partial charge in [0.05, 0.1) is 30.6 Å². The average molecular weight is 650 g/mol. The van der Waals surface area contributed by atoms with Gasteiger partial charge in [-0.15, -0.1) is 5.10 Å². The number of carbonyl (C=O) groups is 2. The molecule has 5 aromatic rings. The van der Waals surface area contributed by atoms with E-state index in [-0.39, 0.29) is 36.2 Å². The molecule has 3 atom stereocenters. The molecule has 1 fully saturated rings. The van der Waals surface area contributed by atoms with Crippen LogP contribution in [0.15, 0.2) is 102 Å². The molecule has 0 bridgehead atoms. The largest absolute Gasteiger partial charge is 0.481 e. The molecule has 47 heavy (non-hydrogen) atoms. The molecule has 3 aromatic carbocycles. The van der Waals surface area contributed by atoms with Crippen LogP contribution < -0.4 is 10.3 Å². The molecule has 240 valence electrons. The van der Waals surface area contributed by atoms with Crippen LogP contribution in [-0.4, -0.2) is 66.1 Å². The summed E-state index contributed by atoms with van der Waals surface area (Å²) >= 11 is 1.12. The zero-order chi connectivity index (χ0) is 32.8. The quantitative estimate of drug-likeness (QED) is 0.195. The number of nitrogens with zero attached hydrogens (tertiary/aromatic N) is 5. The van der Waals surface area contributed by atoms with Crippen LogP contribution in [0.3, 0.4) is 0 Å². The van der Waals surface area contributed by atoms with Crippen LogP contribution in [0.4, 0.5) is 4.79 Å². The predicted molar refractivity (Wildman–Crippen MR) is 181 cm³/mol. The molecule has 11 heteroatoms. The number of thioether (sulfide) groups is 1. The van der Waals surface area contributed by atoms with Crippen molar-refractivity contribution in [2.45, 2.75) is 44.4 Å². The molecular weight excluding hydrogens is 614 g/mol. The van der Waals surface area contributed by atoms with Crippen LogP contribution in [0.1, 0.15) is 24.0 Å². The van der Waals surface area contributed by atoms with E-state index < -0.39 is 17.9 Å². The highest BCUT2D eigenvalue weighted by Crippen LogP contribution is 2.31. The molecule has 0 spiro atoms. The summed E-state index contributed by atoms with van der Waals surface area (Å²) in [6.45, 7) is 0.0628. The number of aliphatic hydroxyl groups excluding tert-OH is 1. The third-order valence-corrected chi connectivity index (χ3v) is 9.53. The number of methoxy groups -OCH3 is 1. The monoisotopic (exact) mass is 649 g/mol. The second-order valence-electron chi connectivity index (χ2n) is 11.6. The van der Waals surface area contributed by atoms with Gasteiger partial charge in [0, 0.05) is 30.1 Å². The van der Waals surface area contributed by atoms with Gasteiger partial charge in [-0.05, 0) is 60.6 Å². The van der Waals surface area contributed by atoms with Crippen molar-refractivity contribution in [3.8, 4) is 17.0 Å². The average Bonchev–Trinajstić information content (AvgIpc) is 3.48. The zero-order valence-corrected chi connectivity index (χ0v) is 26.8. The topological polar surface area (TPSA) is 128 Å². The van der Waals surface area contributed by atoms with E-state index in [9.17, 15) is 19.5 Å². The number of aryl methyl sites for hydroxylation is 2. The number of benzene rings is 3. The van der Waals surface area contributed by atoms with Gasteiger partial charge >= 0.3 is 0 Å². The van der Waals surface area contributed by atoms with E-state index in [1.54, 1.807) is 37.6 Å². The highest BCUT2D eigenvalue weighted by Gasteiger charge is 2.41. The molecule has 3 heterocycles. The van der Waals surface area contributed by atoms with Crippen molar-refractivity contribution in [1.82, 2.24) is 24.9 Å². The SMILES string of the molecule is COc1ccc(-c2ccc(CC[C@H](O)[C@H](CCn3nnc4ccccc4c3=O)C(=O)N3C(=O)SC[C@@H]3Cc3ccccc3)cc2)cn1. The van der Waals surface area contributed by atoms with Gasteiger partial charge in [0.2, 0.25) is 11.8 Å². The molecule has 1 aliphatic rings. The lowest BCUT2D eigenvalue weighted by Crippen LogP contribution is -2.47. The Balaban J connectivity index is 1.20. The number of hydrogen-bond donors (Lipinski definition) is 1. The summed E-state index contributed by atoms with van der Waals surface area (Å²) in [6.07, 6.45) is 2.13. The van der Waals surface area contributed by atoms with Crippen LogP contribution in [0, 0.1) is 5.92 Å². The summed E-state index contributed by atoms with van der Waals surface area (Å²) in [5, 5.41) is 19.9. The summed E-state index contributed by atoms with van der Waals surface area (Å²) in [5.74, 6) is -0.339. The van der Waals surface area contributed by atoms with Gasteiger partial charge in [-0.2, -0.15) is 0 Å². The van der Waals surface area contributed by atoms with Crippen molar-refractivity contribution in [2.24, 2.45) is 5.92 Å². The van der Waals surface area contributed by atoms with Gasteiger partial charge in [-0.25, -0.2) is 9.67 Å². The van der Waals surface area contributed by atoms with Gasteiger partial charge in [0.15, 0.2) is 0 Å². The van der Waals surface area contributed by atoms with Crippen molar-refractivity contribution in [3.05, 3.63) is 119 Å². The van der Waals surface area contributed by atoms with Crippen LogP contribution in [-0.2, 0) is 24.2 Å². The third kappa shape index (κ3) is 7.42. The maximum absolute atomic E-state index is 14.2. The Labute approximate surface area is 276 Å². The van der Waals surface area contributed by atoms with Crippen LogP contribution >= 0.6 is 11.8 Å². The Bertz CT molecular complexity index is 1900. The fourth-order valence-corrected chi connectivity index (χ4v) is 6.89. The van der Waals surface area contributed by atoms with E-state index in [1.165, 1.54) is 9.58 Å². The van der Waals surface area contributed by atoms with E-state index in [2.05, 4.69) is 15.3 Å². The molecule has 1 saturated heterocycles. The van der Waals surface area contributed by atoms with Crippen LogP contribution in [0.5, 0.6) is 5.88 Å². The third-order valence-electron chi connectivity index (χ3n) is 8.54. The lowest BCUT2D eigenvalue weighted by Gasteiger charge is -2.29. The molecule has 2 aromatic heterocycles. The fourth-order valence-electron chi connectivity index (χ4n) is 5.91. The number of pyridine rings is 1. The molecule has 0 aliphatic carbocycles. The molecule has 0 radical (unpaired) electrons. The highest BCUT2D eigenvalue weighted by molar-refractivity contribution is 8.14. The molecule has 2 amide bonds. The first kappa shape index (κ1) is 32.1. The van der Waals surface area contributed by atoms with E-state index >= 15 is 0 Å². The lowest BCUT2D eigenvalue weighted by molar-refractivity contribution is -0.137. The number of aliphatic hydroxyl groups is 1. The summed E-state index contributed by atoms with van der Waals surface area (Å²) in [4.78, 5) is 46.0. The minimum Gasteiger partial charge on any atom is -0.481 e. The van der Waals surface area contributed by atoms with Gasteiger partial charge in [0.25, 0.3) is 10.8 Å². The first-order chi connectivity index (χ1) is 22.9. The second-order valence-corrected chi connectivity index (χ2v) is 12.5. The number of amides is 2. The van der Waals surface area contributed by atoms with Crippen molar-refractivity contribution < 1.29 is 19.4 Å². The Kier molecular flexibility index (Phi) is 10.0. The molecule has 0 unspecified atom stereocenters. The maximum Gasteiger partial charge on any atom is 0.288 e. The van der Waals surface area contributed by atoms with Crippen molar-refractivity contribution in [3.63, 3.8) is 0 Å². The molecular formula is C36H35N5O5S. The molecule has 10 nitrogen and oxygen atoms in total. The normalized spacial score (nSPS) is 15.9. The molecule has 6 rings (SSSR count). The molecule has 1 N–H and O–H groups in total. The Morgan fingerprint density at radius 3 is 2.43 bits per heavy atom. The summed E-state index contributed by atoms with van der Waals surface area (Å²) in [6, 6.07) is 28.1. The van der Waals surface area contributed by atoms with Gasteiger partial charge in [0.1, 0.15) is 5.52 Å². The number of imide groups is 1.